The van der Waals surface area contributed by atoms with E-state index in [2.05, 4.69) is 0 Å². The van der Waals surface area contributed by atoms with Crippen molar-refractivity contribution >= 4 is 17.5 Å². The Bertz CT molecular complexity index is 434. The van der Waals surface area contributed by atoms with Crippen LogP contribution in [0.5, 0.6) is 0 Å². The van der Waals surface area contributed by atoms with Crippen molar-refractivity contribution in [3.8, 4) is 0 Å². The highest BCUT2D eigenvalue weighted by Gasteiger charge is 2.31. The predicted octanol–water partition coefficient (Wildman–Crippen LogP) is 3.23. The molecule has 1 aromatic rings. The molecule has 0 spiro atoms. The average molecular weight is 238 g/mol. The van der Waals surface area contributed by atoms with Gasteiger partial charge in [0, 0.05) is 23.5 Å². The number of carbonyl (C=O) groups excluding carboxylic acids is 1. The van der Waals surface area contributed by atoms with Crippen LogP contribution in [0.2, 0.25) is 5.02 Å². The molecule has 1 aliphatic heterocycles. The highest BCUT2D eigenvalue weighted by Crippen LogP contribution is 2.29. The van der Waals surface area contributed by atoms with Crippen LogP contribution in [0.25, 0.3) is 0 Å². The monoisotopic (exact) mass is 237 g/mol. The summed E-state index contributed by atoms with van der Waals surface area (Å²) in [6.07, 6.45) is 0. The van der Waals surface area contributed by atoms with Gasteiger partial charge in [-0.05, 0) is 23.3 Å². The zero-order chi connectivity index (χ0) is 11.9. The fraction of sp³-hybridized carbons (Fsp3) is 0.462. The van der Waals surface area contributed by atoms with E-state index in [1.54, 1.807) is 0 Å². The smallest absolute Gasteiger partial charge is 0.228 e. The van der Waals surface area contributed by atoms with Crippen LogP contribution in [0.3, 0.4) is 0 Å². The zero-order valence-corrected chi connectivity index (χ0v) is 10.6. The van der Waals surface area contributed by atoms with Gasteiger partial charge in [-0.1, -0.05) is 38.4 Å². The van der Waals surface area contributed by atoms with E-state index >= 15 is 0 Å². The summed E-state index contributed by atoms with van der Waals surface area (Å²) < 4.78 is 0. The quantitative estimate of drug-likeness (QED) is 0.679. The first kappa shape index (κ1) is 11.5. The fourth-order valence-corrected chi connectivity index (χ4v) is 2.18. The second-order valence-corrected chi connectivity index (χ2v) is 5.76. The number of hydrogen-bond acceptors (Lipinski definition) is 1. The number of nitrogens with zero attached hydrogens (tertiary/aromatic N) is 1. The molecule has 0 fully saturated rings. The molecular weight excluding hydrogens is 222 g/mol. The standard InChI is InChI=1S/C13H16ClNO/c1-13(2,3)12(16)15-7-9-4-5-11(14)6-10(9)8-15/h4-6H,7-8H2,1-3H3. The van der Waals surface area contributed by atoms with Crippen LogP contribution < -0.4 is 0 Å². The summed E-state index contributed by atoms with van der Waals surface area (Å²) >= 11 is 5.94. The highest BCUT2D eigenvalue weighted by molar-refractivity contribution is 6.30. The van der Waals surface area contributed by atoms with Gasteiger partial charge in [0.05, 0.1) is 0 Å². The van der Waals surface area contributed by atoms with E-state index in [9.17, 15) is 4.79 Å². The predicted molar refractivity (Wildman–Crippen MR) is 65.2 cm³/mol. The summed E-state index contributed by atoms with van der Waals surface area (Å²) in [4.78, 5) is 14.0. The van der Waals surface area contributed by atoms with Crippen LogP contribution in [0, 0.1) is 5.41 Å². The topological polar surface area (TPSA) is 20.3 Å². The number of halogens is 1. The van der Waals surface area contributed by atoms with Crippen molar-refractivity contribution in [2.75, 3.05) is 0 Å². The maximum Gasteiger partial charge on any atom is 0.228 e. The van der Waals surface area contributed by atoms with Crippen LogP contribution in [-0.4, -0.2) is 10.8 Å². The van der Waals surface area contributed by atoms with Gasteiger partial charge in [-0.25, -0.2) is 0 Å². The maximum absolute atomic E-state index is 12.1. The maximum atomic E-state index is 12.1. The lowest BCUT2D eigenvalue weighted by atomic mass is 9.95. The van der Waals surface area contributed by atoms with Gasteiger partial charge in [0.2, 0.25) is 5.91 Å². The summed E-state index contributed by atoms with van der Waals surface area (Å²) in [5.41, 5.74) is 2.07. The largest absolute Gasteiger partial charge is 0.334 e. The first-order valence-corrected chi connectivity index (χ1v) is 5.82. The third-order valence-electron chi connectivity index (χ3n) is 2.82. The molecule has 1 amide bonds. The second kappa shape index (κ2) is 3.77. The number of rotatable bonds is 0. The Hall–Kier alpha value is -1.02. The van der Waals surface area contributed by atoms with Gasteiger partial charge in [0.1, 0.15) is 0 Å². The SMILES string of the molecule is CC(C)(C)C(=O)N1Cc2ccc(Cl)cc2C1. The molecule has 3 heteroatoms. The summed E-state index contributed by atoms with van der Waals surface area (Å²) in [7, 11) is 0. The molecule has 0 atom stereocenters. The molecule has 86 valence electrons. The fourth-order valence-electron chi connectivity index (χ4n) is 1.98. The molecule has 16 heavy (non-hydrogen) atoms. The van der Waals surface area contributed by atoms with Crippen molar-refractivity contribution in [3.63, 3.8) is 0 Å². The first-order valence-electron chi connectivity index (χ1n) is 5.44. The number of hydrogen-bond donors (Lipinski definition) is 0. The summed E-state index contributed by atoms with van der Waals surface area (Å²) in [6, 6.07) is 5.84. The van der Waals surface area contributed by atoms with Crippen LogP contribution >= 0.6 is 11.6 Å². The lowest BCUT2D eigenvalue weighted by molar-refractivity contribution is -0.140. The van der Waals surface area contributed by atoms with E-state index in [-0.39, 0.29) is 11.3 Å². The average Bonchev–Trinajstić information content (AvgIpc) is 2.57. The van der Waals surface area contributed by atoms with Crippen molar-refractivity contribution in [3.05, 3.63) is 34.3 Å². The molecule has 0 unspecified atom stereocenters. The van der Waals surface area contributed by atoms with Gasteiger partial charge >= 0.3 is 0 Å². The van der Waals surface area contributed by atoms with Crippen LogP contribution in [0.1, 0.15) is 31.9 Å². The molecule has 0 bridgehead atoms. The minimum absolute atomic E-state index is 0.194. The Morgan fingerprint density at radius 3 is 2.50 bits per heavy atom. The highest BCUT2D eigenvalue weighted by atomic mass is 35.5. The van der Waals surface area contributed by atoms with Gasteiger partial charge in [-0.15, -0.1) is 0 Å². The van der Waals surface area contributed by atoms with E-state index in [1.807, 2.05) is 43.9 Å². The van der Waals surface area contributed by atoms with Crippen molar-refractivity contribution in [1.82, 2.24) is 4.90 Å². The first-order chi connectivity index (χ1) is 7.38. The molecule has 0 saturated carbocycles. The minimum atomic E-state index is -0.314. The minimum Gasteiger partial charge on any atom is -0.334 e. The van der Waals surface area contributed by atoms with Crippen molar-refractivity contribution < 1.29 is 4.79 Å². The van der Waals surface area contributed by atoms with Gasteiger partial charge in [-0.2, -0.15) is 0 Å². The molecule has 0 aromatic heterocycles. The Labute approximate surface area is 101 Å². The third kappa shape index (κ3) is 2.07. The third-order valence-corrected chi connectivity index (χ3v) is 3.05. The number of benzene rings is 1. The lowest BCUT2D eigenvalue weighted by Gasteiger charge is -2.25. The molecule has 0 N–H and O–H groups in total. The van der Waals surface area contributed by atoms with Crippen molar-refractivity contribution in [2.24, 2.45) is 5.41 Å². The van der Waals surface area contributed by atoms with Gasteiger partial charge in [-0.3, -0.25) is 4.79 Å². The molecule has 0 aliphatic carbocycles. The van der Waals surface area contributed by atoms with Crippen molar-refractivity contribution in [2.45, 2.75) is 33.9 Å². The molecular formula is C13H16ClNO. The normalized spacial score (nSPS) is 15.1. The Kier molecular flexibility index (Phi) is 2.70. The molecule has 0 radical (unpaired) electrons. The molecule has 1 aliphatic rings. The van der Waals surface area contributed by atoms with E-state index in [1.165, 1.54) is 11.1 Å². The summed E-state index contributed by atoms with van der Waals surface area (Å²) in [5.74, 6) is 0.194. The summed E-state index contributed by atoms with van der Waals surface area (Å²) in [6.45, 7) is 7.25. The van der Waals surface area contributed by atoms with E-state index in [4.69, 9.17) is 11.6 Å². The molecule has 1 aromatic carbocycles. The molecule has 1 heterocycles. The van der Waals surface area contributed by atoms with E-state index < -0.39 is 0 Å². The number of fused-ring (bicyclic) bond motifs is 1. The molecule has 0 saturated heterocycles. The number of carbonyl (C=O) groups is 1. The Morgan fingerprint density at radius 2 is 1.88 bits per heavy atom. The molecule has 2 rings (SSSR count). The van der Waals surface area contributed by atoms with Crippen LogP contribution in [0.15, 0.2) is 18.2 Å². The van der Waals surface area contributed by atoms with Crippen LogP contribution in [0.4, 0.5) is 0 Å². The van der Waals surface area contributed by atoms with Crippen LogP contribution in [-0.2, 0) is 17.9 Å². The Morgan fingerprint density at radius 1 is 1.25 bits per heavy atom. The van der Waals surface area contributed by atoms with E-state index in [0.29, 0.717) is 13.1 Å². The zero-order valence-electron chi connectivity index (χ0n) is 9.88. The van der Waals surface area contributed by atoms with Gasteiger partial charge in [0.25, 0.3) is 0 Å². The Balaban J connectivity index is 2.20. The second-order valence-electron chi connectivity index (χ2n) is 5.32. The lowest BCUT2D eigenvalue weighted by Crippen LogP contribution is -2.35. The van der Waals surface area contributed by atoms with E-state index in [0.717, 1.165) is 5.02 Å². The summed E-state index contributed by atoms with van der Waals surface area (Å²) in [5, 5.41) is 0.740. The van der Waals surface area contributed by atoms with Gasteiger partial charge < -0.3 is 4.90 Å². The number of amides is 1. The van der Waals surface area contributed by atoms with Gasteiger partial charge in [0.15, 0.2) is 0 Å². The van der Waals surface area contributed by atoms with Crippen molar-refractivity contribution in [1.29, 1.82) is 0 Å². The molecule has 2 nitrogen and oxygen atoms in total.